The molecule has 8 nitrogen and oxygen atoms in total. The van der Waals surface area contributed by atoms with Crippen molar-refractivity contribution in [3.8, 4) is 5.75 Å². The molecule has 0 saturated carbocycles. The SMILES string of the molecule is COCC1(N2CCC(NC(=O)Nc3ccc(Cl)cc3)C(c3ccc(OC)cn3)C2)COC1. The zero-order chi connectivity index (χ0) is 22.6. The fourth-order valence-corrected chi connectivity index (χ4v) is 4.55. The molecule has 0 spiro atoms. The number of methoxy groups -OCH3 is 2. The lowest BCUT2D eigenvalue weighted by molar-refractivity contribution is -0.172. The predicted molar refractivity (Wildman–Crippen MR) is 123 cm³/mol. The molecule has 2 fully saturated rings. The van der Waals surface area contributed by atoms with Crippen molar-refractivity contribution in [2.24, 2.45) is 0 Å². The highest BCUT2D eigenvalue weighted by Crippen LogP contribution is 2.34. The largest absolute Gasteiger partial charge is 0.495 e. The van der Waals surface area contributed by atoms with Crippen LogP contribution in [0, 0.1) is 0 Å². The van der Waals surface area contributed by atoms with Gasteiger partial charge in [0.2, 0.25) is 0 Å². The number of carbonyl (C=O) groups is 1. The van der Waals surface area contributed by atoms with Crippen LogP contribution >= 0.6 is 11.6 Å². The number of benzene rings is 1. The first kappa shape index (κ1) is 22.8. The quantitative estimate of drug-likeness (QED) is 0.660. The number of ether oxygens (including phenoxy) is 3. The third kappa shape index (κ3) is 4.99. The van der Waals surface area contributed by atoms with E-state index < -0.39 is 0 Å². The number of nitrogens with zero attached hydrogens (tertiary/aromatic N) is 2. The number of carbonyl (C=O) groups excluding carboxylic acids is 1. The zero-order valence-electron chi connectivity index (χ0n) is 18.3. The number of anilines is 1. The molecule has 2 saturated heterocycles. The van der Waals surface area contributed by atoms with E-state index in [4.69, 9.17) is 25.8 Å². The van der Waals surface area contributed by atoms with Crippen molar-refractivity contribution in [3.63, 3.8) is 0 Å². The van der Waals surface area contributed by atoms with Crippen molar-refractivity contribution >= 4 is 23.3 Å². The van der Waals surface area contributed by atoms with Crippen LogP contribution in [0.1, 0.15) is 18.0 Å². The Bertz CT molecular complexity index is 905. The Morgan fingerprint density at radius 1 is 1.25 bits per heavy atom. The molecule has 2 aliphatic heterocycles. The third-order valence-corrected chi connectivity index (χ3v) is 6.48. The zero-order valence-corrected chi connectivity index (χ0v) is 19.1. The molecule has 0 bridgehead atoms. The van der Waals surface area contributed by atoms with Gasteiger partial charge in [0.1, 0.15) is 5.75 Å². The molecule has 0 aliphatic carbocycles. The van der Waals surface area contributed by atoms with Crippen molar-refractivity contribution in [1.29, 1.82) is 0 Å². The van der Waals surface area contributed by atoms with Gasteiger partial charge in [0.15, 0.2) is 0 Å². The number of hydrogen-bond acceptors (Lipinski definition) is 6. The van der Waals surface area contributed by atoms with Gasteiger partial charge in [-0.2, -0.15) is 0 Å². The number of rotatable bonds is 7. The summed E-state index contributed by atoms with van der Waals surface area (Å²) in [6.45, 7) is 3.51. The molecular formula is C23H29ClN4O4. The number of likely N-dealkylation sites (tertiary alicyclic amines) is 1. The summed E-state index contributed by atoms with van der Waals surface area (Å²) in [6, 6.07) is 10.6. The second-order valence-electron chi connectivity index (χ2n) is 8.33. The lowest BCUT2D eigenvalue weighted by atomic mass is 9.84. The molecular weight excluding hydrogens is 432 g/mol. The highest BCUT2D eigenvalue weighted by Gasteiger charge is 2.47. The summed E-state index contributed by atoms with van der Waals surface area (Å²) in [7, 11) is 3.34. The molecule has 2 unspecified atom stereocenters. The van der Waals surface area contributed by atoms with Crippen LogP contribution in [-0.2, 0) is 9.47 Å². The average molecular weight is 461 g/mol. The molecule has 32 heavy (non-hydrogen) atoms. The minimum atomic E-state index is -0.247. The summed E-state index contributed by atoms with van der Waals surface area (Å²) in [5.74, 6) is 0.717. The van der Waals surface area contributed by atoms with Gasteiger partial charge in [-0.3, -0.25) is 9.88 Å². The molecule has 0 radical (unpaired) electrons. The Morgan fingerprint density at radius 3 is 2.62 bits per heavy atom. The van der Waals surface area contributed by atoms with E-state index in [0.29, 0.717) is 36.3 Å². The lowest BCUT2D eigenvalue weighted by Crippen LogP contribution is -2.68. The maximum atomic E-state index is 12.7. The summed E-state index contributed by atoms with van der Waals surface area (Å²) in [5, 5.41) is 6.67. The molecule has 172 valence electrons. The second-order valence-corrected chi connectivity index (χ2v) is 8.76. The Hall–Kier alpha value is -2.39. The van der Waals surface area contributed by atoms with Gasteiger partial charge in [0.25, 0.3) is 0 Å². The van der Waals surface area contributed by atoms with Crippen molar-refractivity contribution < 1.29 is 19.0 Å². The Kier molecular flexibility index (Phi) is 7.15. The smallest absolute Gasteiger partial charge is 0.319 e. The van der Waals surface area contributed by atoms with E-state index in [9.17, 15) is 4.79 Å². The van der Waals surface area contributed by atoms with E-state index in [2.05, 4.69) is 20.5 Å². The maximum Gasteiger partial charge on any atom is 0.319 e. The van der Waals surface area contributed by atoms with E-state index in [1.807, 2.05) is 12.1 Å². The molecule has 2 aromatic rings. The monoisotopic (exact) mass is 460 g/mol. The maximum absolute atomic E-state index is 12.7. The summed E-state index contributed by atoms with van der Waals surface area (Å²) < 4.78 is 16.3. The molecule has 2 atom stereocenters. The summed E-state index contributed by atoms with van der Waals surface area (Å²) in [4.78, 5) is 19.8. The molecule has 9 heteroatoms. The normalized spacial score (nSPS) is 22.6. The van der Waals surface area contributed by atoms with Crippen molar-refractivity contribution in [2.45, 2.75) is 23.9 Å². The van der Waals surface area contributed by atoms with Gasteiger partial charge in [0.05, 0.1) is 38.7 Å². The van der Waals surface area contributed by atoms with Crippen LogP contribution in [0.15, 0.2) is 42.6 Å². The minimum absolute atomic E-state index is 0.0138. The van der Waals surface area contributed by atoms with Crippen LogP contribution in [0.3, 0.4) is 0 Å². The number of hydrogen-bond donors (Lipinski definition) is 2. The number of amides is 2. The second kappa shape index (κ2) is 10.0. The summed E-state index contributed by atoms with van der Waals surface area (Å²) >= 11 is 5.94. The van der Waals surface area contributed by atoms with Crippen molar-refractivity contribution in [1.82, 2.24) is 15.2 Å². The standard InChI is InChI=1S/C23H29ClN4O4/c1-30-13-23(14-32-15-23)28-10-9-21(19(12-28)20-8-7-18(31-2)11-25-20)27-22(29)26-17-5-3-16(24)4-6-17/h3-8,11,19,21H,9-10,12-15H2,1-2H3,(H2,26,27,29). The van der Waals surface area contributed by atoms with Gasteiger partial charge >= 0.3 is 6.03 Å². The molecule has 1 aromatic carbocycles. The number of pyridine rings is 1. The highest BCUT2D eigenvalue weighted by atomic mass is 35.5. The third-order valence-electron chi connectivity index (χ3n) is 6.23. The average Bonchev–Trinajstić information content (AvgIpc) is 2.78. The fraction of sp³-hybridized carbons (Fsp3) is 0.478. The lowest BCUT2D eigenvalue weighted by Gasteiger charge is -2.53. The number of urea groups is 1. The molecule has 1 aromatic heterocycles. The van der Waals surface area contributed by atoms with Gasteiger partial charge in [0, 0.05) is 48.6 Å². The van der Waals surface area contributed by atoms with E-state index in [0.717, 1.165) is 25.2 Å². The molecule has 4 rings (SSSR count). The number of aromatic nitrogens is 1. The number of halogens is 1. The van der Waals surface area contributed by atoms with Gasteiger partial charge in [-0.25, -0.2) is 4.79 Å². The van der Waals surface area contributed by atoms with Crippen molar-refractivity contribution in [3.05, 3.63) is 53.3 Å². The first-order valence-corrected chi connectivity index (χ1v) is 11.1. The van der Waals surface area contributed by atoms with E-state index in [1.165, 1.54) is 0 Å². The minimum Gasteiger partial charge on any atom is -0.495 e. The highest BCUT2D eigenvalue weighted by molar-refractivity contribution is 6.30. The number of nitrogens with one attached hydrogen (secondary N) is 2. The van der Waals surface area contributed by atoms with E-state index in [1.54, 1.807) is 44.7 Å². The van der Waals surface area contributed by atoms with Crippen molar-refractivity contribution in [2.75, 3.05) is 52.4 Å². The number of piperidine rings is 1. The van der Waals surface area contributed by atoms with Crippen LogP contribution in [-0.4, -0.2) is 74.6 Å². The van der Waals surface area contributed by atoms with E-state index in [-0.39, 0.29) is 23.5 Å². The van der Waals surface area contributed by atoms with Gasteiger partial charge in [-0.1, -0.05) is 11.6 Å². The van der Waals surface area contributed by atoms with Crippen LogP contribution < -0.4 is 15.4 Å². The Labute approximate surface area is 193 Å². The Balaban J connectivity index is 1.50. The van der Waals surface area contributed by atoms with Gasteiger partial charge in [-0.05, 0) is 42.8 Å². The predicted octanol–water partition coefficient (Wildman–Crippen LogP) is 3.14. The topological polar surface area (TPSA) is 85.0 Å². The molecule has 2 N–H and O–H groups in total. The van der Waals surface area contributed by atoms with Crippen LogP contribution in [0.25, 0.3) is 0 Å². The van der Waals surface area contributed by atoms with Gasteiger partial charge < -0.3 is 24.8 Å². The Morgan fingerprint density at radius 2 is 2.03 bits per heavy atom. The fourth-order valence-electron chi connectivity index (χ4n) is 4.42. The van der Waals surface area contributed by atoms with E-state index >= 15 is 0 Å². The van der Waals surface area contributed by atoms with Gasteiger partial charge in [-0.15, -0.1) is 0 Å². The van der Waals surface area contributed by atoms with Crippen LogP contribution in [0.5, 0.6) is 5.75 Å². The summed E-state index contributed by atoms with van der Waals surface area (Å²) in [5.41, 5.74) is 1.49. The first-order valence-electron chi connectivity index (χ1n) is 10.7. The van der Waals surface area contributed by atoms with Crippen LogP contribution in [0.2, 0.25) is 5.02 Å². The molecule has 2 aliphatic rings. The molecule has 3 heterocycles. The molecule has 2 amide bonds. The summed E-state index contributed by atoms with van der Waals surface area (Å²) in [6.07, 6.45) is 2.51. The first-order chi connectivity index (χ1) is 15.5. The van der Waals surface area contributed by atoms with Crippen LogP contribution in [0.4, 0.5) is 10.5 Å².